The predicted octanol–water partition coefficient (Wildman–Crippen LogP) is 3.31. The number of aliphatic hydroxyl groups excluding tert-OH is 1. The van der Waals surface area contributed by atoms with Crippen LogP contribution in [-0.4, -0.2) is 24.9 Å². The molecule has 3 unspecified atom stereocenters. The Morgan fingerprint density at radius 2 is 1.85 bits per heavy atom. The molecule has 0 aliphatic carbocycles. The third-order valence-corrected chi connectivity index (χ3v) is 4.15. The lowest BCUT2D eigenvalue weighted by atomic mass is 9.82. The zero-order valence-electron chi connectivity index (χ0n) is 13.0. The first-order chi connectivity index (χ1) is 9.67. The fraction of sp³-hybridized carbons (Fsp3) is 0.647. The standard InChI is InChI=1S/C17H29NO2/c1-4-6-7-13(5-2)17(19)16(12-18)14-8-10-15(20-3)11-9-14/h8-11,13,16-17,19H,4-7,12,18H2,1-3H3. The van der Waals surface area contributed by atoms with Crippen LogP contribution in [0.5, 0.6) is 5.75 Å². The van der Waals surface area contributed by atoms with Gasteiger partial charge in [0.15, 0.2) is 0 Å². The van der Waals surface area contributed by atoms with E-state index in [1.54, 1.807) is 7.11 Å². The lowest BCUT2D eigenvalue weighted by Gasteiger charge is -2.29. The Hall–Kier alpha value is -1.06. The van der Waals surface area contributed by atoms with Gasteiger partial charge < -0.3 is 15.6 Å². The maximum absolute atomic E-state index is 10.7. The van der Waals surface area contributed by atoms with Crippen LogP contribution in [0.4, 0.5) is 0 Å². The predicted molar refractivity (Wildman–Crippen MR) is 84.1 cm³/mol. The van der Waals surface area contributed by atoms with Crippen molar-refractivity contribution in [1.29, 1.82) is 0 Å². The van der Waals surface area contributed by atoms with Gasteiger partial charge in [0.1, 0.15) is 5.75 Å². The average molecular weight is 279 g/mol. The summed E-state index contributed by atoms with van der Waals surface area (Å²) >= 11 is 0. The summed E-state index contributed by atoms with van der Waals surface area (Å²) in [6.07, 6.45) is 4.02. The summed E-state index contributed by atoms with van der Waals surface area (Å²) in [5.41, 5.74) is 7.00. The van der Waals surface area contributed by atoms with Crippen LogP contribution in [0.3, 0.4) is 0 Å². The Morgan fingerprint density at radius 3 is 2.30 bits per heavy atom. The molecule has 0 radical (unpaired) electrons. The van der Waals surface area contributed by atoms with Crippen LogP contribution < -0.4 is 10.5 Å². The molecule has 1 aromatic carbocycles. The Morgan fingerprint density at radius 1 is 1.20 bits per heavy atom. The van der Waals surface area contributed by atoms with Gasteiger partial charge in [-0.15, -0.1) is 0 Å². The summed E-state index contributed by atoms with van der Waals surface area (Å²) < 4.78 is 5.17. The molecule has 0 saturated heterocycles. The highest BCUT2D eigenvalue weighted by molar-refractivity contribution is 5.30. The number of hydrogen-bond donors (Lipinski definition) is 2. The molecule has 1 rings (SSSR count). The summed E-state index contributed by atoms with van der Waals surface area (Å²) in [6.45, 7) is 4.80. The van der Waals surface area contributed by atoms with Crippen molar-refractivity contribution in [2.24, 2.45) is 11.7 Å². The SMILES string of the molecule is CCCCC(CC)C(O)C(CN)c1ccc(OC)cc1. The van der Waals surface area contributed by atoms with Crippen LogP contribution in [0.15, 0.2) is 24.3 Å². The van der Waals surface area contributed by atoms with Gasteiger partial charge >= 0.3 is 0 Å². The van der Waals surface area contributed by atoms with Gasteiger partial charge in [0.25, 0.3) is 0 Å². The van der Waals surface area contributed by atoms with Crippen molar-refractivity contribution < 1.29 is 9.84 Å². The highest BCUT2D eigenvalue weighted by Gasteiger charge is 2.26. The molecule has 1 aromatic rings. The zero-order valence-corrected chi connectivity index (χ0v) is 13.0. The summed E-state index contributed by atoms with van der Waals surface area (Å²) in [4.78, 5) is 0. The second-order valence-corrected chi connectivity index (χ2v) is 5.42. The summed E-state index contributed by atoms with van der Waals surface area (Å²) in [5, 5.41) is 10.7. The molecule has 3 heteroatoms. The number of rotatable bonds is 9. The summed E-state index contributed by atoms with van der Waals surface area (Å²) in [6, 6.07) is 7.87. The van der Waals surface area contributed by atoms with Gasteiger partial charge in [0.05, 0.1) is 13.2 Å². The maximum Gasteiger partial charge on any atom is 0.118 e. The van der Waals surface area contributed by atoms with Crippen molar-refractivity contribution in [3.63, 3.8) is 0 Å². The number of nitrogens with two attached hydrogens (primary N) is 1. The number of benzene rings is 1. The largest absolute Gasteiger partial charge is 0.497 e. The molecule has 20 heavy (non-hydrogen) atoms. The van der Waals surface area contributed by atoms with E-state index < -0.39 is 0 Å². The Kier molecular flexibility index (Phi) is 7.63. The molecular weight excluding hydrogens is 250 g/mol. The molecule has 0 aliphatic heterocycles. The van der Waals surface area contributed by atoms with Crippen molar-refractivity contribution in [3.05, 3.63) is 29.8 Å². The second kappa shape index (κ2) is 8.98. The fourth-order valence-electron chi connectivity index (χ4n) is 2.74. The van der Waals surface area contributed by atoms with E-state index in [0.29, 0.717) is 12.5 Å². The first kappa shape index (κ1) is 17.0. The third kappa shape index (κ3) is 4.50. The lowest BCUT2D eigenvalue weighted by Crippen LogP contribution is -2.32. The quantitative estimate of drug-likeness (QED) is 0.729. The van der Waals surface area contributed by atoms with Crippen LogP contribution in [0.2, 0.25) is 0 Å². The van der Waals surface area contributed by atoms with Gasteiger partial charge in [-0.1, -0.05) is 45.2 Å². The van der Waals surface area contributed by atoms with E-state index in [4.69, 9.17) is 10.5 Å². The highest BCUT2D eigenvalue weighted by atomic mass is 16.5. The average Bonchev–Trinajstić information content (AvgIpc) is 2.49. The number of methoxy groups -OCH3 is 1. The fourth-order valence-corrected chi connectivity index (χ4v) is 2.74. The van der Waals surface area contributed by atoms with Crippen molar-refractivity contribution in [2.75, 3.05) is 13.7 Å². The Labute approximate surface area is 123 Å². The van der Waals surface area contributed by atoms with Gasteiger partial charge in [0, 0.05) is 12.5 Å². The minimum atomic E-state index is -0.370. The van der Waals surface area contributed by atoms with E-state index in [-0.39, 0.29) is 12.0 Å². The normalized spacial score (nSPS) is 15.7. The Bertz CT molecular complexity index is 364. The second-order valence-electron chi connectivity index (χ2n) is 5.42. The molecule has 0 heterocycles. The van der Waals surface area contributed by atoms with E-state index in [2.05, 4.69) is 13.8 Å². The molecule has 114 valence electrons. The molecule has 0 saturated carbocycles. The van der Waals surface area contributed by atoms with Gasteiger partial charge in [0.2, 0.25) is 0 Å². The highest BCUT2D eigenvalue weighted by Crippen LogP contribution is 2.29. The van der Waals surface area contributed by atoms with Gasteiger partial charge in [-0.25, -0.2) is 0 Å². The van der Waals surface area contributed by atoms with Gasteiger partial charge in [-0.2, -0.15) is 0 Å². The lowest BCUT2D eigenvalue weighted by molar-refractivity contribution is 0.0743. The van der Waals surface area contributed by atoms with Gasteiger partial charge in [-0.05, 0) is 30.0 Å². The van der Waals surface area contributed by atoms with Crippen LogP contribution in [0.25, 0.3) is 0 Å². The summed E-state index contributed by atoms with van der Waals surface area (Å²) in [7, 11) is 1.65. The molecule has 0 amide bonds. The van der Waals surface area contributed by atoms with Gasteiger partial charge in [-0.3, -0.25) is 0 Å². The minimum absolute atomic E-state index is 0.00251. The van der Waals surface area contributed by atoms with E-state index in [9.17, 15) is 5.11 Å². The van der Waals surface area contributed by atoms with Crippen molar-refractivity contribution >= 4 is 0 Å². The number of hydrogen-bond acceptors (Lipinski definition) is 3. The molecular formula is C17H29NO2. The molecule has 0 fully saturated rings. The van der Waals surface area contributed by atoms with Crippen molar-refractivity contribution in [1.82, 2.24) is 0 Å². The molecule has 3 N–H and O–H groups in total. The number of unbranched alkanes of at least 4 members (excludes halogenated alkanes) is 1. The van der Waals surface area contributed by atoms with Crippen LogP contribution in [0, 0.1) is 5.92 Å². The van der Waals surface area contributed by atoms with E-state index in [1.165, 1.54) is 6.42 Å². The van der Waals surface area contributed by atoms with Crippen molar-refractivity contribution in [3.8, 4) is 5.75 Å². The summed E-state index contributed by atoms with van der Waals surface area (Å²) in [5.74, 6) is 1.16. The molecule has 3 atom stereocenters. The zero-order chi connectivity index (χ0) is 15.0. The van der Waals surface area contributed by atoms with E-state index in [0.717, 1.165) is 30.6 Å². The molecule has 0 aromatic heterocycles. The van der Waals surface area contributed by atoms with Crippen LogP contribution in [-0.2, 0) is 0 Å². The molecule has 3 nitrogen and oxygen atoms in total. The topological polar surface area (TPSA) is 55.5 Å². The number of ether oxygens (including phenoxy) is 1. The van der Waals surface area contributed by atoms with Crippen LogP contribution in [0.1, 0.15) is 51.0 Å². The molecule has 0 aliphatic rings. The first-order valence-electron chi connectivity index (χ1n) is 7.69. The van der Waals surface area contributed by atoms with Crippen molar-refractivity contribution in [2.45, 2.75) is 51.6 Å². The molecule has 0 bridgehead atoms. The molecule has 0 spiro atoms. The van der Waals surface area contributed by atoms with E-state index in [1.807, 2.05) is 24.3 Å². The first-order valence-corrected chi connectivity index (χ1v) is 7.69. The third-order valence-electron chi connectivity index (χ3n) is 4.15. The monoisotopic (exact) mass is 279 g/mol. The van der Waals surface area contributed by atoms with Crippen LogP contribution >= 0.6 is 0 Å². The number of aliphatic hydroxyl groups is 1. The van der Waals surface area contributed by atoms with E-state index >= 15 is 0 Å². The maximum atomic E-state index is 10.7. The minimum Gasteiger partial charge on any atom is -0.497 e. The Balaban J connectivity index is 2.80. The smallest absolute Gasteiger partial charge is 0.118 e.